The SMILES string of the molecule is CCN(CC)C1CCN(Cc2cnn3cccnc23)CC1. The van der Waals surface area contributed by atoms with Gasteiger partial charge < -0.3 is 4.90 Å². The van der Waals surface area contributed by atoms with Gasteiger partial charge in [0.25, 0.3) is 0 Å². The molecular formula is C16H25N5. The van der Waals surface area contributed by atoms with E-state index in [-0.39, 0.29) is 0 Å². The fourth-order valence-corrected chi connectivity index (χ4v) is 3.41. The van der Waals surface area contributed by atoms with E-state index in [1.807, 2.05) is 29.2 Å². The van der Waals surface area contributed by atoms with Crippen LogP contribution in [0.2, 0.25) is 0 Å². The molecule has 0 bridgehead atoms. The van der Waals surface area contributed by atoms with E-state index in [4.69, 9.17) is 0 Å². The van der Waals surface area contributed by atoms with Gasteiger partial charge in [-0.1, -0.05) is 13.8 Å². The molecule has 1 fully saturated rings. The molecule has 5 nitrogen and oxygen atoms in total. The molecule has 1 aliphatic rings. The van der Waals surface area contributed by atoms with Crippen LogP contribution in [0.1, 0.15) is 32.3 Å². The van der Waals surface area contributed by atoms with Crippen molar-refractivity contribution < 1.29 is 0 Å². The fraction of sp³-hybridized carbons (Fsp3) is 0.625. The van der Waals surface area contributed by atoms with Gasteiger partial charge in [-0.2, -0.15) is 5.10 Å². The molecule has 5 heteroatoms. The lowest BCUT2D eigenvalue weighted by molar-refractivity contribution is 0.113. The third-order valence-electron chi connectivity index (χ3n) is 4.63. The Morgan fingerprint density at radius 3 is 2.71 bits per heavy atom. The molecule has 114 valence electrons. The summed E-state index contributed by atoms with van der Waals surface area (Å²) in [6.07, 6.45) is 8.30. The van der Waals surface area contributed by atoms with Gasteiger partial charge >= 0.3 is 0 Å². The molecule has 21 heavy (non-hydrogen) atoms. The Kier molecular flexibility index (Phi) is 4.51. The molecule has 1 saturated heterocycles. The minimum atomic E-state index is 0.762. The zero-order valence-electron chi connectivity index (χ0n) is 13.1. The highest BCUT2D eigenvalue weighted by Crippen LogP contribution is 2.19. The van der Waals surface area contributed by atoms with Crippen molar-refractivity contribution >= 4 is 5.65 Å². The van der Waals surface area contributed by atoms with Crippen LogP contribution in [-0.4, -0.2) is 56.6 Å². The maximum absolute atomic E-state index is 4.44. The molecule has 0 amide bonds. The van der Waals surface area contributed by atoms with Crippen molar-refractivity contribution in [3.05, 3.63) is 30.2 Å². The second-order valence-electron chi connectivity index (χ2n) is 5.79. The van der Waals surface area contributed by atoms with Crippen molar-refractivity contribution in [2.45, 2.75) is 39.3 Å². The molecular weight excluding hydrogens is 262 g/mol. The van der Waals surface area contributed by atoms with Gasteiger partial charge in [0, 0.05) is 30.5 Å². The van der Waals surface area contributed by atoms with E-state index >= 15 is 0 Å². The van der Waals surface area contributed by atoms with Crippen molar-refractivity contribution in [2.75, 3.05) is 26.2 Å². The molecule has 0 spiro atoms. The van der Waals surface area contributed by atoms with Gasteiger partial charge in [0.05, 0.1) is 6.20 Å². The second kappa shape index (κ2) is 6.54. The summed E-state index contributed by atoms with van der Waals surface area (Å²) >= 11 is 0. The Morgan fingerprint density at radius 1 is 1.24 bits per heavy atom. The Bertz CT molecular complexity index is 567. The Hall–Kier alpha value is -1.46. The average molecular weight is 287 g/mol. The van der Waals surface area contributed by atoms with E-state index < -0.39 is 0 Å². The maximum Gasteiger partial charge on any atom is 0.159 e. The third kappa shape index (κ3) is 3.09. The van der Waals surface area contributed by atoms with E-state index in [1.165, 1.54) is 44.6 Å². The lowest BCUT2D eigenvalue weighted by Gasteiger charge is -2.37. The first kappa shape index (κ1) is 14.5. The monoisotopic (exact) mass is 287 g/mol. The molecule has 0 unspecified atom stereocenters. The molecule has 3 rings (SSSR count). The largest absolute Gasteiger partial charge is 0.301 e. The summed E-state index contributed by atoms with van der Waals surface area (Å²) in [5, 5.41) is 4.37. The molecule has 0 N–H and O–H groups in total. The predicted octanol–water partition coefficient (Wildman–Crippen LogP) is 2.04. The quantitative estimate of drug-likeness (QED) is 0.843. The fourth-order valence-electron chi connectivity index (χ4n) is 3.41. The molecule has 0 saturated carbocycles. The summed E-state index contributed by atoms with van der Waals surface area (Å²) < 4.78 is 1.86. The van der Waals surface area contributed by atoms with Gasteiger partial charge in [0.2, 0.25) is 0 Å². The van der Waals surface area contributed by atoms with Crippen molar-refractivity contribution in [3.8, 4) is 0 Å². The zero-order chi connectivity index (χ0) is 14.7. The minimum Gasteiger partial charge on any atom is -0.301 e. The standard InChI is InChI=1S/C16H25N5/c1-3-20(4-2)15-6-10-19(11-7-15)13-14-12-18-21-9-5-8-17-16(14)21/h5,8-9,12,15H,3-4,6-7,10-11,13H2,1-2H3. The number of aromatic nitrogens is 3. The number of piperidine rings is 1. The summed E-state index contributed by atoms with van der Waals surface area (Å²) in [6, 6.07) is 2.68. The molecule has 0 aromatic carbocycles. The third-order valence-corrected chi connectivity index (χ3v) is 4.63. The van der Waals surface area contributed by atoms with E-state index in [0.29, 0.717) is 0 Å². The van der Waals surface area contributed by atoms with Crippen LogP contribution in [0.4, 0.5) is 0 Å². The van der Waals surface area contributed by atoms with Crippen molar-refractivity contribution in [3.63, 3.8) is 0 Å². The molecule has 0 aliphatic carbocycles. The van der Waals surface area contributed by atoms with Crippen LogP contribution in [0.5, 0.6) is 0 Å². The van der Waals surface area contributed by atoms with Crippen LogP contribution in [0, 0.1) is 0 Å². The van der Waals surface area contributed by atoms with Crippen LogP contribution in [0.15, 0.2) is 24.7 Å². The Balaban J connectivity index is 1.60. The van der Waals surface area contributed by atoms with Gasteiger partial charge in [-0.05, 0) is 45.1 Å². The van der Waals surface area contributed by atoms with Gasteiger partial charge in [-0.25, -0.2) is 9.50 Å². The van der Waals surface area contributed by atoms with Crippen LogP contribution in [-0.2, 0) is 6.54 Å². The van der Waals surface area contributed by atoms with E-state index in [0.717, 1.165) is 18.2 Å². The maximum atomic E-state index is 4.44. The molecule has 3 heterocycles. The highest BCUT2D eigenvalue weighted by Gasteiger charge is 2.23. The first-order chi connectivity index (χ1) is 10.3. The van der Waals surface area contributed by atoms with Crippen molar-refractivity contribution in [2.24, 2.45) is 0 Å². The summed E-state index contributed by atoms with van der Waals surface area (Å²) in [5.41, 5.74) is 2.22. The highest BCUT2D eigenvalue weighted by molar-refractivity contribution is 5.45. The summed E-state index contributed by atoms with van der Waals surface area (Å²) in [5.74, 6) is 0. The highest BCUT2D eigenvalue weighted by atomic mass is 15.2. The smallest absolute Gasteiger partial charge is 0.159 e. The molecule has 2 aromatic heterocycles. The van der Waals surface area contributed by atoms with Gasteiger partial charge in [0.1, 0.15) is 0 Å². The second-order valence-corrected chi connectivity index (χ2v) is 5.79. The van der Waals surface area contributed by atoms with Gasteiger partial charge in [-0.15, -0.1) is 0 Å². The van der Waals surface area contributed by atoms with E-state index in [1.54, 1.807) is 0 Å². The molecule has 0 atom stereocenters. The number of nitrogens with zero attached hydrogens (tertiary/aromatic N) is 5. The minimum absolute atomic E-state index is 0.762. The van der Waals surface area contributed by atoms with Gasteiger partial charge in [-0.3, -0.25) is 4.90 Å². The normalized spacial score (nSPS) is 17.9. The number of fused-ring (bicyclic) bond motifs is 1. The molecule has 0 radical (unpaired) electrons. The number of rotatable bonds is 5. The van der Waals surface area contributed by atoms with Crippen LogP contribution >= 0.6 is 0 Å². The predicted molar refractivity (Wildman–Crippen MR) is 84.2 cm³/mol. The van der Waals surface area contributed by atoms with E-state index in [9.17, 15) is 0 Å². The summed E-state index contributed by atoms with van der Waals surface area (Å²) in [4.78, 5) is 9.57. The van der Waals surface area contributed by atoms with Crippen molar-refractivity contribution in [1.29, 1.82) is 0 Å². The summed E-state index contributed by atoms with van der Waals surface area (Å²) in [6.45, 7) is 10.2. The van der Waals surface area contributed by atoms with Crippen molar-refractivity contribution in [1.82, 2.24) is 24.4 Å². The van der Waals surface area contributed by atoms with Crippen LogP contribution in [0.25, 0.3) is 5.65 Å². The number of hydrogen-bond donors (Lipinski definition) is 0. The first-order valence-electron chi connectivity index (χ1n) is 8.05. The molecule has 2 aromatic rings. The first-order valence-corrected chi connectivity index (χ1v) is 8.05. The average Bonchev–Trinajstić information content (AvgIpc) is 2.93. The topological polar surface area (TPSA) is 36.7 Å². The molecule has 1 aliphatic heterocycles. The van der Waals surface area contributed by atoms with E-state index in [2.05, 4.69) is 33.7 Å². The lowest BCUT2D eigenvalue weighted by atomic mass is 10.0. The van der Waals surface area contributed by atoms with Crippen LogP contribution in [0.3, 0.4) is 0 Å². The number of likely N-dealkylation sites (tertiary alicyclic amines) is 1. The Labute approximate surface area is 126 Å². The zero-order valence-corrected chi connectivity index (χ0v) is 13.1. The van der Waals surface area contributed by atoms with Gasteiger partial charge in [0.15, 0.2) is 5.65 Å². The van der Waals surface area contributed by atoms with Crippen LogP contribution < -0.4 is 0 Å². The summed E-state index contributed by atoms with van der Waals surface area (Å²) in [7, 11) is 0. The Morgan fingerprint density at radius 2 is 2.00 bits per heavy atom. The lowest BCUT2D eigenvalue weighted by Crippen LogP contribution is -2.44. The number of hydrogen-bond acceptors (Lipinski definition) is 4.